The second kappa shape index (κ2) is 5.90. The summed E-state index contributed by atoms with van der Waals surface area (Å²) in [6.07, 6.45) is 0.380. The first-order valence-electron chi connectivity index (χ1n) is 6.37. The van der Waals surface area contributed by atoms with Gasteiger partial charge in [0.25, 0.3) is 0 Å². The molecular weight excluding hydrogens is 280 g/mol. The molecule has 0 saturated carbocycles. The Morgan fingerprint density at radius 2 is 2.00 bits per heavy atom. The molecule has 1 amide bonds. The van der Waals surface area contributed by atoms with Crippen LogP contribution < -0.4 is 5.14 Å². The molecule has 1 aliphatic rings. The maximum atomic E-state index is 11.9. The molecule has 1 aliphatic heterocycles. The Balaban J connectivity index is 2.11. The van der Waals surface area contributed by atoms with Crippen LogP contribution in [0.1, 0.15) is 12.0 Å². The highest BCUT2D eigenvalue weighted by Crippen LogP contribution is 2.21. The minimum atomic E-state index is -3.73. The Kier molecular flexibility index (Phi) is 4.42. The molecule has 6 nitrogen and oxygen atoms in total. The molecule has 0 radical (unpaired) electrons. The summed E-state index contributed by atoms with van der Waals surface area (Å²) in [6.45, 7) is -0.159. The van der Waals surface area contributed by atoms with Crippen molar-refractivity contribution in [2.45, 2.75) is 24.1 Å². The summed E-state index contributed by atoms with van der Waals surface area (Å²) < 4.78 is 22.7. The second-order valence-corrected chi connectivity index (χ2v) is 6.83. The van der Waals surface area contributed by atoms with Crippen LogP contribution in [0.25, 0.3) is 0 Å². The Morgan fingerprint density at radius 3 is 2.50 bits per heavy atom. The van der Waals surface area contributed by atoms with Crippen LogP contribution in [0.3, 0.4) is 0 Å². The number of carbonyl (C=O) groups excluding carboxylic acids is 1. The lowest BCUT2D eigenvalue weighted by molar-refractivity contribution is -0.130. The first-order chi connectivity index (χ1) is 9.41. The minimum absolute atomic E-state index is 0.0513. The van der Waals surface area contributed by atoms with Crippen LogP contribution in [0.15, 0.2) is 30.3 Å². The van der Waals surface area contributed by atoms with Crippen LogP contribution >= 0.6 is 0 Å². The lowest BCUT2D eigenvalue weighted by Crippen LogP contribution is -2.42. The van der Waals surface area contributed by atoms with Gasteiger partial charge in [-0.05, 0) is 12.0 Å². The zero-order valence-corrected chi connectivity index (χ0v) is 11.8. The fourth-order valence-electron chi connectivity index (χ4n) is 2.43. The average molecular weight is 298 g/mol. The molecule has 2 atom stereocenters. The molecule has 0 aliphatic carbocycles. The van der Waals surface area contributed by atoms with Crippen LogP contribution in [0, 0.1) is 0 Å². The number of hydrogen-bond donors (Lipinski definition) is 2. The molecule has 1 aromatic rings. The van der Waals surface area contributed by atoms with Crippen molar-refractivity contribution in [3.63, 3.8) is 0 Å². The first kappa shape index (κ1) is 15.0. The quantitative estimate of drug-likeness (QED) is 0.763. The molecule has 1 heterocycles. The Labute approximate surface area is 118 Å². The van der Waals surface area contributed by atoms with Gasteiger partial charge in [-0.2, -0.15) is 0 Å². The third-order valence-electron chi connectivity index (χ3n) is 3.55. The topological polar surface area (TPSA) is 101 Å². The molecule has 0 bridgehead atoms. The van der Waals surface area contributed by atoms with Crippen molar-refractivity contribution in [1.29, 1.82) is 0 Å². The molecule has 0 aromatic heterocycles. The maximum absolute atomic E-state index is 11.9. The van der Waals surface area contributed by atoms with Gasteiger partial charge in [0, 0.05) is 13.0 Å². The van der Waals surface area contributed by atoms with E-state index in [1.165, 1.54) is 4.90 Å². The molecule has 1 saturated heterocycles. The monoisotopic (exact) mass is 298 g/mol. The summed E-state index contributed by atoms with van der Waals surface area (Å²) in [7, 11) is -3.73. The number of amides is 1. The number of primary sulfonamides is 1. The minimum Gasteiger partial charge on any atom is -0.394 e. The van der Waals surface area contributed by atoms with E-state index in [1.807, 2.05) is 30.3 Å². The highest BCUT2D eigenvalue weighted by molar-refractivity contribution is 7.89. The number of nitrogens with two attached hydrogens (primary N) is 1. The highest BCUT2D eigenvalue weighted by atomic mass is 32.2. The lowest BCUT2D eigenvalue weighted by Gasteiger charge is -2.26. The van der Waals surface area contributed by atoms with E-state index in [-0.39, 0.29) is 25.5 Å². The summed E-state index contributed by atoms with van der Waals surface area (Å²) in [5.41, 5.74) is 0.985. The smallest absolute Gasteiger partial charge is 0.224 e. The predicted octanol–water partition coefficient (Wildman–Crippen LogP) is -0.521. The first-order valence-corrected chi connectivity index (χ1v) is 7.98. The number of sulfonamides is 1. The molecule has 1 fully saturated rings. The second-order valence-electron chi connectivity index (χ2n) is 4.99. The average Bonchev–Trinajstić information content (AvgIpc) is 2.79. The van der Waals surface area contributed by atoms with Gasteiger partial charge < -0.3 is 10.0 Å². The Morgan fingerprint density at radius 1 is 1.35 bits per heavy atom. The highest BCUT2D eigenvalue weighted by Gasteiger charge is 2.39. The van der Waals surface area contributed by atoms with Gasteiger partial charge in [-0.25, -0.2) is 13.6 Å². The molecule has 110 valence electrons. The van der Waals surface area contributed by atoms with Crippen molar-refractivity contribution in [2.75, 3.05) is 13.2 Å². The zero-order chi connectivity index (χ0) is 14.8. The van der Waals surface area contributed by atoms with Crippen LogP contribution in [0.2, 0.25) is 0 Å². The van der Waals surface area contributed by atoms with Crippen molar-refractivity contribution in [1.82, 2.24) is 4.90 Å². The van der Waals surface area contributed by atoms with E-state index in [9.17, 15) is 18.3 Å². The summed E-state index contributed by atoms with van der Waals surface area (Å²) in [6, 6.07) is 9.03. The molecule has 0 spiro atoms. The van der Waals surface area contributed by atoms with Gasteiger partial charge in [0.15, 0.2) is 0 Å². The van der Waals surface area contributed by atoms with Gasteiger partial charge in [0.2, 0.25) is 15.9 Å². The van der Waals surface area contributed by atoms with Crippen LogP contribution in [0.4, 0.5) is 0 Å². The SMILES string of the molecule is NS(=O)(=O)C1CC(=O)N([C@H](CO)Cc2ccccc2)C1. The number of rotatable bonds is 5. The maximum Gasteiger partial charge on any atom is 0.224 e. The largest absolute Gasteiger partial charge is 0.394 e. The van der Waals surface area contributed by atoms with Gasteiger partial charge in [0.05, 0.1) is 12.6 Å². The standard InChI is InChI=1S/C13H18N2O4S/c14-20(18,19)12-7-13(17)15(8-12)11(9-16)6-10-4-2-1-3-5-10/h1-5,11-12,16H,6-9H2,(H2,14,18,19)/t11-,12?/m0/s1. The molecular formula is C13H18N2O4S. The number of benzene rings is 1. The molecule has 20 heavy (non-hydrogen) atoms. The normalized spacial score (nSPS) is 21.2. The van der Waals surface area contributed by atoms with E-state index in [1.54, 1.807) is 0 Å². The van der Waals surface area contributed by atoms with Crippen molar-refractivity contribution >= 4 is 15.9 Å². The van der Waals surface area contributed by atoms with Gasteiger partial charge in [-0.1, -0.05) is 30.3 Å². The summed E-state index contributed by atoms with van der Waals surface area (Å²) in [5, 5.41) is 13.7. The molecule has 3 N–H and O–H groups in total. The Bertz CT molecular complexity index is 573. The van der Waals surface area contributed by atoms with E-state index in [2.05, 4.69) is 0 Å². The van der Waals surface area contributed by atoms with Crippen molar-refractivity contribution in [2.24, 2.45) is 5.14 Å². The van der Waals surface area contributed by atoms with Crippen molar-refractivity contribution in [3.8, 4) is 0 Å². The zero-order valence-electron chi connectivity index (χ0n) is 11.0. The number of nitrogens with zero attached hydrogens (tertiary/aromatic N) is 1. The lowest BCUT2D eigenvalue weighted by atomic mass is 10.1. The van der Waals surface area contributed by atoms with E-state index < -0.39 is 21.3 Å². The number of aliphatic hydroxyl groups is 1. The van der Waals surface area contributed by atoms with E-state index in [0.717, 1.165) is 5.56 Å². The summed E-state index contributed by atoms with van der Waals surface area (Å²) in [5.74, 6) is -0.279. The fraction of sp³-hybridized carbons (Fsp3) is 0.462. The molecule has 1 aromatic carbocycles. The van der Waals surface area contributed by atoms with Gasteiger partial charge in [-0.3, -0.25) is 4.79 Å². The van der Waals surface area contributed by atoms with E-state index in [0.29, 0.717) is 6.42 Å². The van der Waals surface area contributed by atoms with Crippen LogP contribution in [-0.2, 0) is 21.2 Å². The van der Waals surface area contributed by atoms with Gasteiger partial charge in [0.1, 0.15) is 5.25 Å². The fourth-order valence-corrected chi connectivity index (χ4v) is 3.17. The summed E-state index contributed by atoms with van der Waals surface area (Å²) in [4.78, 5) is 13.3. The third-order valence-corrected chi connectivity index (χ3v) is 4.80. The predicted molar refractivity (Wildman–Crippen MR) is 74.2 cm³/mol. The van der Waals surface area contributed by atoms with Crippen LogP contribution in [-0.4, -0.2) is 48.8 Å². The van der Waals surface area contributed by atoms with Crippen molar-refractivity contribution < 1.29 is 18.3 Å². The number of likely N-dealkylation sites (tertiary alicyclic amines) is 1. The molecule has 7 heteroatoms. The number of hydrogen-bond acceptors (Lipinski definition) is 4. The van der Waals surface area contributed by atoms with Crippen LogP contribution in [0.5, 0.6) is 0 Å². The number of aliphatic hydroxyl groups excluding tert-OH is 1. The van der Waals surface area contributed by atoms with E-state index >= 15 is 0 Å². The number of carbonyl (C=O) groups is 1. The van der Waals surface area contributed by atoms with E-state index in [4.69, 9.17) is 5.14 Å². The van der Waals surface area contributed by atoms with Crippen molar-refractivity contribution in [3.05, 3.63) is 35.9 Å². The molecule has 1 unspecified atom stereocenters. The summed E-state index contributed by atoms with van der Waals surface area (Å²) >= 11 is 0. The van der Waals surface area contributed by atoms with Gasteiger partial charge in [-0.15, -0.1) is 0 Å². The van der Waals surface area contributed by atoms with Gasteiger partial charge >= 0.3 is 0 Å². The molecule has 2 rings (SSSR count). The third kappa shape index (κ3) is 3.36. The Hall–Kier alpha value is -1.44.